The van der Waals surface area contributed by atoms with Crippen molar-refractivity contribution < 1.29 is 9.47 Å². The van der Waals surface area contributed by atoms with Gasteiger partial charge in [-0.3, -0.25) is 0 Å². The summed E-state index contributed by atoms with van der Waals surface area (Å²) in [7, 11) is 3.36. The lowest BCUT2D eigenvalue weighted by Gasteiger charge is -2.26. The van der Waals surface area contributed by atoms with Gasteiger partial charge in [-0.1, -0.05) is 64.0 Å². The normalized spacial score (nSPS) is 18.7. The minimum Gasteiger partial charge on any atom is -0.493 e. The lowest BCUT2D eigenvalue weighted by atomic mass is 9.86. The molecule has 0 heterocycles. The standard InChI is InChI=1S/C17H24Br2O2/c1-20-15-10-13(14(18)11-16(15)21-2)17(19)12-8-6-4-3-5-7-9-12/h10-12,17H,3-9H2,1-2H3. The van der Waals surface area contributed by atoms with Crippen LogP contribution in [0.4, 0.5) is 0 Å². The van der Waals surface area contributed by atoms with Crippen molar-refractivity contribution in [1.29, 1.82) is 0 Å². The Labute approximate surface area is 144 Å². The highest BCUT2D eigenvalue weighted by Gasteiger charge is 2.24. The highest BCUT2D eigenvalue weighted by Crippen LogP contribution is 2.44. The molecular formula is C17H24Br2O2. The molecule has 1 fully saturated rings. The summed E-state index contributed by atoms with van der Waals surface area (Å²) in [5.74, 6) is 2.26. The molecule has 1 aromatic carbocycles. The van der Waals surface area contributed by atoms with E-state index in [1.807, 2.05) is 6.07 Å². The largest absolute Gasteiger partial charge is 0.493 e. The first-order valence-corrected chi connectivity index (χ1v) is 9.43. The Balaban J connectivity index is 2.22. The van der Waals surface area contributed by atoms with Gasteiger partial charge in [0, 0.05) is 9.30 Å². The lowest BCUT2D eigenvalue weighted by molar-refractivity contribution is 0.351. The molecule has 0 amide bonds. The number of ether oxygens (including phenoxy) is 2. The van der Waals surface area contributed by atoms with E-state index in [1.165, 1.54) is 50.5 Å². The van der Waals surface area contributed by atoms with Crippen LogP contribution in [-0.2, 0) is 0 Å². The van der Waals surface area contributed by atoms with Gasteiger partial charge in [0.15, 0.2) is 11.5 Å². The van der Waals surface area contributed by atoms with Gasteiger partial charge >= 0.3 is 0 Å². The van der Waals surface area contributed by atoms with E-state index in [0.29, 0.717) is 10.7 Å². The van der Waals surface area contributed by atoms with Crippen LogP contribution in [0, 0.1) is 5.92 Å². The molecular weight excluding hydrogens is 396 g/mol. The van der Waals surface area contributed by atoms with Crippen molar-refractivity contribution in [3.8, 4) is 11.5 Å². The van der Waals surface area contributed by atoms with Crippen LogP contribution in [-0.4, -0.2) is 14.2 Å². The van der Waals surface area contributed by atoms with E-state index in [1.54, 1.807) is 14.2 Å². The fourth-order valence-electron chi connectivity index (χ4n) is 3.12. The molecule has 4 heteroatoms. The van der Waals surface area contributed by atoms with Crippen LogP contribution in [0.5, 0.6) is 11.5 Å². The van der Waals surface area contributed by atoms with Gasteiger partial charge in [-0.2, -0.15) is 0 Å². The van der Waals surface area contributed by atoms with E-state index in [0.717, 1.165) is 16.0 Å². The molecule has 0 saturated heterocycles. The summed E-state index contributed by atoms with van der Waals surface area (Å²) in [5, 5.41) is 0. The number of methoxy groups -OCH3 is 2. The summed E-state index contributed by atoms with van der Waals surface area (Å²) >= 11 is 7.63. The zero-order valence-corrected chi connectivity index (χ0v) is 16.0. The maximum atomic E-state index is 5.45. The summed E-state index contributed by atoms with van der Waals surface area (Å²) in [4.78, 5) is 0.366. The van der Waals surface area contributed by atoms with Gasteiger partial charge in [0.25, 0.3) is 0 Å². The fourth-order valence-corrected chi connectivity index (χ4v) is 4.90. The van der Waals surface area contributed by atoms with Crippen LogP contribution in [0.1, 0.15) is 55.3 Å². The van der Waals surface area contributed by atoms with Crippen molar-refractivity contribution in [1.82, 2.24) is 0 Å². The number of halogens is 2. The van der Waals surface area contributed by atoms with Gasteiger partial charge in [-0.25, -0.2) is 0 Å². The van der Waals surface area contributed by atoms with E-state index in [-0.39, 0.29) is 0 Å². The smallest absolute Gasteiger partial charge is 0.161 e. The maximum Gasteiger partial charge on any atom is 0.161 e. The van der Waals surface area contributed by atoms with E-state index in [4.69, 9.17) is 9.47 Å². The Morgan fingerprint density at radius 1 is 0.952 bits per heavy atom. The molecule has 21 heavy (non-hydrogen) atoms. The predicted octanol–water partition coefficient (Wildman–Crippen LogP) is 6.26. The van der Waals surface area contributed by atoms with Gasteiger partial charge in [-0.15, -0.1) is 0 Å². The Hall–Kier alpha value is -0.220. The topological polar surface area (TPSA) is 18.5 Å². The van der Waals surface area contributed by atoms with Gasteiger partial charge in [0.05, 0.1) is 14.2 Å². The third-order valence-electron chi connectivity index (χ3n) is 4.36. The number of alkyl halides is 1. The molecule has 1 atom stereocenters. The molecule has 2 nitrogen and oxygen atoms in total. The summed E-state index contributed by atoms with van der Waals surface area (Å²) in [6.45, 7) is 0. The highest BCUT2D eigenvalue weighted by molar-refractivity contribution is 9.11. The quantitative estimate of drug-likeness (QED) is 0.536. The van der Waals surface area contributed by atoms with Crippen molar-refractivity contribution in [2.45, 2.75) is 49.8 Å². The summed E-state index contributed by atoms with van der Waals surface area (Å²) in [6.07, 6.45) is 9.45. The SMILES string of the molecule is COc1cc(Br)c(C(Br)C2CCCCCCC2)cc1OC. The molecule has 2 rings (SSSR count). The van der Waals surface area contributed by atoms with E-state index < -0.39 is 0 Å². The van der Waals surface area contributed by atoms with E-state index in [9.17, 15) is 0 Å². The second-order valence-corrected chi connectivity index (χ2v) is 7.58. The second-order valence-electron chi connectivity index (χ2n) is 5.74. The van der Waals surface area contributed by atoms with E-state index in [2.05, 4.69) is 37.9 Å². The Morgan fingerprint density at radius 3 is 2.05 bits per heavy atom. The van der Waals surface area contributed by atoms with E-state index >= 15 is 0 Å². The van der Waals surface area contributed by atoms with Crippen LogP contribution >= 0.6 is 31.9 Å². The van der Waals surface area contributed by atoms with Crippen LogP contribution in [0.15, 0.2) is 16.6 Å². The molecule has 1 saturated carbocycles. The number of hydrogen-bond donors (Lipinski definition) is 0. The zero-order chi connectivity index (χ0) is 15.2. The van der Waals surface area contributed by atoms with Gasteiger partial charge in [0.1, 0.15) is 0 Å². The summed E-state index contributed by atoms with van der Waals surface area (Å²) in [6, 6.07) is 4.10. The maximum absolute atomic E-state index is 5.45. The molecule has 0 aliphatic heterocycles. The molecule has 1 aromatic rings. The molecule has 0 N–H and O–H groups in total. The molecule has 0 spiro atoms. The minimum absolute atomic E-state index is 0.366. The first-order chi connectivity index (χ1) is 10.2. The second kappa shape index (κ2) is 8.42. The highest BCUT2D eigenvalue weighted by atomic mass is 79.9. The molecule has 1 aliphatic rings. The van der Waals surface area contributed by atoms with Crippen molar-refractivity contribution in [2.75, 3.05) is 14.2 Å². The van der Waals surface area contributed by atoms with Crippen molar-refractivity contribution in [3.05, 3.63) is 22.2 Å². The fraction of sp³-hybridized carbons (Fsp3) is 0.647. The predicted molar refractivity (Wildman–Crippen MR) is 94.7 cm³/mol. The third-order valence-corrected chi connectivity index (χ3v) is 6.29. The average Bonchev–Trinajstić information content (AvgIpc) is 2.46. The van der Waals surface area contributed by atoms with Crippen molar-refractivity contribution in [2.24, 2.45) is 5.92 Å². The first-order valence-electron chi connectivity index (χ1n) is 7.73. The number of hydrogen-bond acceptors (Lipinski definition) is 2. The van der Waals surface area contributed by atoms with Crippen LogP contribution in [0.25, 0.3) is 0 Å². The van der Waals surface area contributed by atoms with Crippen LogP contribution in [0.3, 0.4) is 0 Å². The number of benzene rings is 1. The summed E-state index contributed by atoms with van der Waals surface area (Å²) in [5.41, 5.74) is 1.26. The molecule has 0 bridgehead atoms. The Morgan fingerprint density at radius 2 is 1.48 bits per heavy atom. The third kappa shape index (κ3) is 4.38. The Bertz CT molecular complexity index is 454. The van der Waals surface area contributed by atoms with Gasteiger partial charge in [0.2, 0.25) is 0 Å². The lowest BCUT2D eigenvalue weighted by Crippen LogP contribution is -2.11. The molecule has 0 aromatic heterocycles. The minimum atomic E-state index is 0.366. The van der Waals surface area contributed by atoms with Crippen LogP contribution < -0.4 is 9.47 Å². The van der Waals surface area contributed by atoms with Crippen LogP contribution in [0.2, 0.25) is 0 Å². The zero-order valence-electron chi connectivity index (χ0n) is 12.8. The number of rotatable bonds is 4. The Kier molecular flexibility index (Phi) is 6.87. The van der Waals surface area contributed by atoms with Crippen molar-refractivity contribution >= 4 is 31.9 Å². The molecule has 0 radical (unpaired) electrons. The van der Waals surface area contributed by atoms with Gasteiger partial charge in [-0.05, 0) is 36.5 Å². The van der Waals surface area contributed by atoms with Gasteiger partial charge < -0.3 is 9.47 Å². The molecule has 1 unspecified atom stereocenters. The summed E-state index contributed by atoms with van der Waals surface area (Å²) < 4.78 is 11.9. The molecule has 1 aliphatic carbocycles. The average molecular weight is 420 g/mol. The monoisotopic (exact) mass is 418 g/mol. The molecule has 118 valence electrons. The first kappa shape index (κ1) is 17.1. The van der Waals surface area contributed by atoms with Crippen molar-refractivity contribution in [3.63, 3.8) is 0 Å².